The molecule has 0 N–H and O–H groups in total. The van der Waals surface area contributed by atoms with Crippen LogP contribution in [0.4, 0.5) is 0 Å². The van der Waals surface area contributed by atoms with Gasteiger partial charge in [-0.25, -0.2) is 0 Å². The van der Waals surface area contributed by atoms with Crippen molar-refractivity contribution in [2.24, 2.45) is 0 Å². The third-order valence-electron chi connectivity index (χ3n) is 2.81. The zero-order valence-electron chi connectivity index (χ0n) is 8.94. The van der Waals surface area contributed by atoms with Gasteiger partial charge in [-0.1, -0.05) is 21.7 Å². The number of nitrogens with zero attached hydrogens (tertiary/aromatic N) is 3. The Morgan fingerprint density at radius 1 is 0.917 bits per heavy atom. The van der Waals surface area contributed by atoms with Crippen molar-refractivity contribution in [3.05, 3.63) is 0 Å². The average Bonchev–Trinajstić information content (AvgIpc) is 2.16. The van der Waals surface area contributed by atoms with Crippen LogP contribution in [0.1, 0.15) is 0 Å². The first-order valence-corrected chi connectivity index (χ1v) is 6.57. The maximum absolute atomic E-state index is 2.56. The minimum absolute atomic E-state index is 0.0165. The monoisotopic (exact) mass is 185 g/mol. The Morgan fingerprint density at radius 3 is 1.42 bits per heavy atom. The Bertz CT molecular complexity index is 155. The fraction of sp³-hybridized carbons (Fsp3) is 1.00. The Balaban J connectivity index is 2.76. The van der Waals surface area contributed by atoms with Crippen LogP contribution in [-0.4, -0.2) is 55.7 Å². The van der Waals surface area contributed by atoms with E-state index in [0.29, 0.717) is 14.0 Å². The zero-order chi connectivity index (χ0) is 9.46. The number of hydrazine groups is 1. The van der Waals surface area contributed by atoms with Gasteiger partial charge < -0.3 is 4.49 Å². The molecule has 0 aromatic rings. The van der Waals surface area contributed by atoms with Crippen LogP contribution in [-0.2, 0) is 0 Å². The first-order valence-electron chi connectivity index (χ1n) is 4.38. The molecule has 0 radical (unpaired) electrons. The minimum Gasteiger partial charge on any atom is -0.333 e. The van der Waals surface area contributed by atoms with Crippen LogP contribution < -0.4 is 0 Å². The SMILES string of the molecule is CB1N(C)N(C)B(C)N1P(C)C. The molecule has 1 aliphatic rings. The molecule has 0 aliphatic carbocycles. The maximum atomic E-state index is 2.56. The summed E-state index contributed by atoms with van der Waals surface area (Å²) in [6.07, 6.45) is 0. The van der Waals surface area contributed by atoms with Gasteiger partial charge in [0.25, 0.3) is 0 Å². The second kappa shape index (κ2) is 3.67. The quantitative estimate of drug-likeness (QED) is 0.445. The van der Waals surface area contributed by atoms with Gasteiger partial charge >= 0.3 is 14.0 Å². The molecule has 1 aliphatic heterocycles. The van der Waals surface area contributed by atoms with Crippen molar-refractivity contribution in [3.63, 3.8) is 0 Å². The lowest BCUT2D eigenvalue weighted by atomic mass is 9.70. The molecule has 0 spiro atoms. The summed E-state index contributed by atoms with van der Waals surface area (Å²) in [5.74, 6) is 0. The van der Waals surface area contributed by atoms with E-state index in [-0.39, 0.29) is 8.07 Å². The average molecular weight is 185 g/mol. The first kappa shape index (κ1) is 10.5. The molecular weight excluding hydrogens is 167 g/mol. The number of rotatable bonds is 1. The van der Waals surface area contributed by atoms with Gasteiger partial charge in [0.1, 0.15) is 0 Å². The molecule has 1 fully saturated rings. The zero-order valence-corrected chi connectivity index (χ0v) is 9.84. The summed E-state index contributed by atoms with van der Waals surface area (Å²) in [5.41, 5.74) is 0. The fourth-order valence-corrected chi connectivity index (χ4v) is 3.49. The van der Waals surface area contributed by atoms with E-state index in [4.69, 9.17) is 0 Å². The van der Waals surface area contributed by atoms with Crippen LogP contribution in [0.25, 0.3) is 0 Å². The van der Waals surface area contributed by atoms with Gasteiger partial charge in [0.15, 0.2) is 0 Å². The molecule has 0 bridgehead atoms. The molecule has 0 amide bonds. The summed E-state index contributed by atoms with van der Waals surface area (Å²) >= 11 is 0. The molecule has 0 aromatic carbocycles. The van der Waals surface area contributed by atoms with E-state index in [9.17, 15) is 0 Å². The van der Waals surface area contributed by atoms with E-state index in [1.54, 1.807) is 0 Å². The number of hydrogen-bond acceptors (Lipinski definition) is 3. The molecule has 12 heavy (non-hydrogen) atoms. The summed E-state index contributed by atoms with van der Waals surface area (Å²) in [6.45, 7) is 10.3. The molecule has 3 nitrogen and oxygen atoms in total. The molecule has 0 saturated carbocycles. The van der Waals surface area contributed by atoms with Crippen LogP contribution >= 0.6 is 8.07 Å². The van der Waals surface area contributed by atoms with E-state index >= 15 is 0 Å². The van der Waals surface area contributed by atoms with Crippen molar-refractivity contribution in [2.45, 2.75) is 13.6 Å². The lowest BCUT2D eigenvalue weighted by Crippen LogP contribution is -2.39. The second-order valence-corrected chi connectivity index (χ2v) is 5.79. The predicted octanol–water partition coefficient (Wildman–Crippen LogP) is 0.973. The van der Waals surface area contributed by atoms with Crippen molar-refractivity contribution in [1.82, 2.24) is 14.3 Å². The highest BCUT2D eigenvalue weighted by Gasteiger charge is 2.43. The van der Waals surface area contributed by atoms with Crippen LogP contribution in [0, 0.1) is 0 Å². The highest BCUT2D eigenvalue weighted by molar-refractivity contribution is 7.57. The van der Waals surface area contributed by atoms with Crippen LogP contribution in [0.3, 0.4) is 0 Å². The van der Waals surface area contributed by atoms with Crippen molar-refractivity contribution in [3.8, 4) is 0 Å². The van der Waals surface area contributed by atoms with Gasteiger partial charge in [-0.05, 0) is 27.4 Å². The summed E-state index contributed by atoms with van der Waals surface area (Å²) in [5, 5.41) is 0. The van der Waals surface area contributed by atoms with E-state index < -0.39 is 0 Å². The van der Waals surface area contributed by atoms with Crippen molar-refractivity contribution < 1.29 is 0 Å². The normalized spacial score (nSPS) is 23.2. The van der Waals surface area contributed by atoms with Crippen LogP contribution in [0.5, 0.6) is 0 Å². The minimum atomic E-state index is 0.0165. The molecule has 0 atom stereocenters. The van der Waals surface area contributed by atoms with Gasteiger partial charge in [-0.15, -0.1) is 0 Å². The molecule has 68 valence electrons. The maximum Gasteiger partial charge on any atom is 0.314 e. The van der Waals surface area contributed by atoms with Gasteiger partial charge in [0.2, 0.25) is 0 Å². The third-order valence-corrected chi connectivity index (χ3v) is 4.40. The Morgan fingerprint density at radius 2 is 1.25 bits per heavy atom. The standard InChI is InChI=1S/C6H18B2N3P/c1-7-9(3)10(4)8(2)11(7)12(5)6/h1-6H3. The Hall–Kier alpha value is 0.440. The number of hydrogen-bond donors (Lipinski definition) is 0. The van der Waals surface area contributed by atoms with E-state index in [1.807, 2.05) is 0 Å². The van der Waals surface area contributed by atoms with Crippen molar-refractivity contribution in [1.29, 1.82) is 0 Å². The Labute approximate surface area is 78.1 Å². The van der Waals surface area contributed by atoms with E-state index in [0.717, 1.165) is 0 Å². The smallest absolute Gasteiger partial charge is 0.314 e. The largest absolute Gasteiger partial charge is 0.333 e. The van der Waals surface area contributed by atoms with Crippen molar-refractivity contribution >= 4 is 22.0 Å². The van der Waals surface area contributed by atoms with Gasteiger partial charge in [-0.2, -0.15) is 0 Å². The van der Waals surface area contributed by atoms with Gasteiger partial charge in [0, 0.05) is 0 Å². The topological polar surface area (TPSA) is 9.72 Å². The summed E-state index contributed by atoms with van der Waals surface area (Å²) in [4.78, 5) is 4.60. The second-order valence-electron chi connectivity index (χ2n) is 3.64. The molecule has 6 heteroatoms. The lowest BCUT2D eigenvalue weighted by molar-refractivity contribution is 0.245. The molecule has 1 rings (SSSR count). The third kappa shape index (κ3) is 1.56. The molecular formula is C6H18B2N3P. The fourth-order valence-electron chi connectivity index (χ4n) is 1.85. The van der Waals surface area contributed by atoms with Gasteiger partial charge in [0.05, 0.1) is 0 Å². The summed E-state index contributed by atoms with van der Waals surface area (Å²) in [6, 6.07) is 0. The predicted molar refractivity (Wildman–Crippen MR) is 59.4 cm³/mol. The first-order chi connectivity index (χ1) is 5.46. The molecule has 1 saturated heterocycles. The highest BCUT2D eigenvalue weighted by atomic mass is 31.1. The molecule has 1 heterocycles. The van der Waals surface area contributed by atoms with Crippen molar-refractivity contribution in [2.75, 3.05) is 27.4 Å². The summed E-state index contributed by atoms with van der Waals surface area (Å²) < 4.78 is 2.56. The highest BCUT2D eigenvalue weighted by Crippen LogP contribution is 2.38. The van der Waals surface area contributed by atoms with Crippen LogP contribution in [0.2, 0.25) is 13.6 Å². The summed E-state index contributed by atoms with van der Waals surface area (Å²) in [7, 11) is 4.32. The van der Waals surface area contributed by atoms with Gasteiger partial charge in [-0.3, -0.25) is 9.84 Å². The Kier molecular flexibility index (Phi) is 3.21. The molecule has 0 aromatic heterocycles. The lowest BCUT2D eigenvalue weighted by Gasteiger charge is -2.26. The van der Waals surface area contributed by atoms with E-state index in [2.05, 4.69) is 55.4 Å². The van der Waals surface area contributed by atoms with Crippen LogP contribution in [0.15, 0.2) is 0 Å². The molecule has 0 unspecified atom stereocenters. The van der Waals surface area contributed by atoms with E-state index in [1.165, 1.54) is 0 Å².